The molecule has 0 bridgehead atoms. The molecule has 2 N–H and O–H groups in total. The van der Waals surface area contributed by atoms with E-state index in [1.54, 1.807) is 0 Å². The van der Waals surface area contributed by atoms with Gasteiger partial charge in [-0.05, 0) is 13.0 Å². The van der Waals surface area contributed by atoms with E-state index in [2.05, 4.69) is 0 Å². The first kappa shape index (κ1) is 11.5. The Balaban J connectivity index is 4.09. The fourth-order valence-electron chi connectivity index (χ4n) is 0.870. The molecule has 12 heavy (non-hydrogen) atoms. The highest BCUT2D eigenvalue weighted by Crippen LogP contribution is 2.24. The number of alkyl halides is 2. The van der Waals surface area contributed by atoms with Crippen LogP contribution in [-0.4, -0.2) is 18.3 Å². The van der Waals surface area contributed by atoms with E-state index >= 15 is 0 Å². The van der Waals surface area contributed by atoms with Gasteiger partial charge in [-0.2, -0.15) is 8.78 Å². The Morgan fingerprint density at radius 3 is 2.33 bits per heavy atom. The molecular formula is C8H15F2NO. The number of hydrogen-bond donors (Lipinski definition) is 1. The Labute approximate surface area is 71.1 Å². The van der Waals surface area contributed by atoms with E-state index in [4.69, 9.17) is 5.73 Å². The highest BCUT2D eigenvalue weighted by Gasteiger charge is 2.38. The summed E-state index contributed by atoms with van der Waals surface area (Å²) in [6.07, 6.45) is -0.244. The maximum Gasteiger partial charge on any atom is 0.305 e. The number of Topliss-reactive ketones (excluding diaryl/α,β-unsaturated/α-hetero) is 1. The van der Waals surface area contributed by atoms with Crippen molar-refractivity contribution in [2.75, 3.05) is 6.54 Å². The van der Waals surface area contributed by atoms with Crippen LogP contribution in [0.25, 0.3) is 0 Å². The van der Waals surface area contributed by atoms with Gasteiger partial charge in [0.1, 0.15) is 0 Å². The third kappa shape index (κ3) is 3.26. The topological polar surface area (TPSA) is 43.1 Å². The predicted octanol–water partition coefficient (Wildman–Crippen LogP) is 1.59. The molecule has 0 heterocycles. The second-order valence-electron chi connectivity index (χ2n) is 3.12. The zero-order valence-electron chi connectivity index (χ0n) is 7.44. The van der Waals surface area contributed by atoms with Crippen molar-refractivity contribution in [3.63, 3.8) is 0 Å². The van der Waals surface area contributed by atoms with Gasteiger partial charge in [0, 0.05) is 12.3 Å². The molecule has 0 aromatic carbocycles. The molecule has 0 fully saturated rings. The normalized spacial score (nSPS) is 12.2. The van der Waals surface area contributed by atoms with Crippen LogP contribution < -0.4 is 5.73 Å². The number of nitrogens with two attached hydrogens (primary N) is 1. The van der Waals surface area contributed by atoms with Crippen molar-refractivity contribution in [2.24, 2.45) is 11.7 Å². The van der Waals surface area contributed by atoms with Crippen LogP contribution >= 0.6 is 0 Å². The number of ketones is 1. The van der Waals surface area contributed by atoms with Gasteiger partial charge in [0.05, 0.1) is 0 Å². The van der Waals surface area contributed by atoms with Gasteiger partial charge in [-0.3, -0.25) is 4.79 Å². The van der Waals surface area contributed by atoms with Crippen LogP contribution in [-0.2, 0) is 4.79 Å². The van der Waals surface area contributed by atoms with E-state index in [1.165, 1.54) is 13.8 Å². The average molecular weight is 179 g/mol. The highest BCUT2D eigenvalue weighted by atomic mass is 19.3. The quantitative estimate of drug-likeness (QED) is 0.696. The van der Waals surface area contributed by atoms with Crippen LogP contribution in [0.5, 0.6) is 0 Å². The fraction of sp³-hybridized carbons (Fsp3) is 0.875. The number of carbonyl (C=O) groups excluding carboxylic acids is 1. The van der Waals surface area contributed by atoms with Crippen molar-refractivity contribution in [2.45, 2.75) is 32.6 Å². The summed E-state index contributed by atoms with van der Waals surface area (Å²) < 4.78 is 25.7. The second kappa shape index (κ2) is 4.50. The largest absolute Gasteiger partial charge is 0.330 e. The first-order valence-electron chi connectivity index (χ1n) is 4.04. The van der Waals surface area contributed by atoms with Crippen LogP contribution in [0.2, 0.25) is 0 Å². The van der Waals surface area contributed by atoms with Crippen molar-refractivity contribution >= 4 is 5.78 Å². The van der Waals surface area contributed by atoms with E-state index in [0.717, 1.165) is 0 Å². The van der Waals surface area contributed by atoms with Gasteiger partial charge in [-0.25, -0.2) is 0 Å². The van der Waals surface area contributed by atoms with Crippen LogP contribution in [0, 0.1) is 5.92 Å². The van der Waals surface area contributed by atoms with Crippen LogP contribution in [0.15, 0.2) is 0 Å². The maximum absolute atomic E-state index is 12.8. The van der Waals surface area contributed by atoms with Crippen LogP contribution in [0.4, 0.5) is 8.78 Å². The molecule has 0 aliphatic heterocycles. The van der Waals surface area contributed by atoms with Gasteiger partial charge in [0.2, 0.25) is 5.78 Å². The monoisotopic (exact) mass is 179 g/mol. The summed E-state index contributed by atoms with van der Waals surface area (Å²) in [5, 5.41) is 0. The molecule has 0 aromatic rings. The van der Waals surface area contributed by atoms with Crippen LogP contribution in [0.1, 0.15) is 26.7 Å². The smallest absolute Gasteiger partial charge is 0.305 e. The molecule has 0 saturated heterocycles. The average Bonchev–Trinajstić information content (AvgIpc) is 1.99. The third-order valence-electron chi connectivity index (χ3n) is 1.58. The van der Waals surface area contributed by atoms with Gasteiger partial charge in [0.15, 0.2) is 0 Å². The predicted molar refractivity (Wildman–Crippen MR) is 43.1 cm³/mol. The Hall–Kier alpha value is -0.510. The second-order valence-corrected chi connectivity index (χ2v) is 3.12. The lowest BCUT2D eigenvalue weighted by Gasteiger charge is -2.16. The van der Waals surface area contributed by atoms with E-state index in [1.807, 2.05) is 0 Å². The standard InChI is InChI=1S/C8H15F2NO/c1-6(2)7(12)8(9,10)4-3-5-11/h6H,3-5,11H2,1-2H3. The summed E-state index contributed by atoms with van der Waals surface area (Å²) in [6, 6.07) is 0. The zero-order chi connectivity index (χ0) is 9.78. The number of hydrogen-bond acceptors (Lipinski definition) is 2. The molecule has 4 heteroatoms. The minimum absolute atomic E-state index is 0.186. The molecular weight excluding hydrogens is 164 g/mol. The van der Waals surface area contributed by atoms with Gasteiger partial charge in [-0.1, -0.05) is 13.8 Å². The zero-order valence-corrected chi connectivity index (χ0v) is 7.44. The molecule has 0 unspecified atom stereocenters. The van der Waals surface area contributed by atoms with Gasteiger partial charge >= 0.3 is 5.92 Å². The lowest BCUT2D eigenvalue weighted by Crippen LogP contribution is -2.32. The molecule has 0 rings (SSSR count). The van der Waals surface area contributed by atoms with E-state index in [-0.39, 0.29) is 13.0 Å². The Morgan fingerprint density at radius 1 is 1.50 bits per heavy atom. The molecule has 2 nitrogen and oxygen atoms in total. The first-order chi connectivity index (χ1) is 5.41. The summed E-state index contributed by atoms with van der Waals surface area (Å²) >= 11 is 0. The minimum atomic E-state index is -3.19. The minimum Gasteiger partial charge on any atom is -0.330 e. The summed E-state index contributed by atoms with van der Waals surface area (Å²) in [5.41, 5.74) is 5.07. The van der Waals surface area contributed by atoms with E-state index in [9.17, 15) is 13.6 Å². The van der Waals surface area contributed by atoms with Crippen molar-refractivity contribution < 1.29 is 13.6 Å². The lowest BCUT2D eigenvalue weighted by atomic mass is 9.99. The summed E-state index contributed by atoms with van der Waals surface area (Å²) in [6.45, 7) is 3.14. The van der Waals surface area contributed by atoms with Crippen molar-refractivity contribution in [1.29, 1.82) is 0 Å². The summed E-state index contributed by atoms with van der Waals surface area (Å²) in [5.74, 6) is -4.79. The summed E-state index contributed by atoms with van der Waals surface area (Å²) in [7, 11) is 0. The van der Waals surface area contributed by atoms with E-state index in [0.29, 0.717) is 0 Å². The highest BCUT2D eigenvalue weighted by molar-refractivity contribution is 5.87. The molecule has 0 saturated carbocycles. The van der Waals surface area contributed by atoms with Gasteiger partial charge in [-0.15, -0.1) is 0 Å². The molecule has 0 atom stereocenters. The number of halogens is 2. The molecule has 0 aliphatic rings. The molecule has 0 amide bonds. The van der Waals surface area contributed by atoms with Gasteiger partial charge < -0.3 is 5.73 Å². The van der Waals surface area contributed by atoms with Crippen molar-refractivity contribution in [3.05, 3.63) is 0 Å². The fourth-order valence-corrected chi connectivity index (χ4v) is 0.870. The third-order valence-corrected chi connectivity index (χ3v) is 1.58. The summed E-state index contributed by atoms with van der Waals surface area (Å²) in [4.78, 5) is 10.9. The van der Waals surface area contributed by atoms with Crippen molar-refractivity contribution in [3.8, 4) is 0 Å². The Morgan fingerprint density at radius 2 is 2.00 bits per heavy atom. The lowest BCUT2D eigenvalue weighted by molar-refractivity contribution is -0.147. The molecule has 0 aromatic heterocycles. The van der Waals surface area contributed by atoms with E-state index < -0.39 is 24.0 Å². The Kier molecular flexibility index (Phi) is 4.31. The van der Waals surface area contributed by atoms with Gasteiger partial charge in [0.25, 0.3) is 0 Å². The number of rotatable bonds is 5. The Bertz CT molecular complexity index is 157. The van der Waals surface area contributed by atoms with Crippen molar-refractivity contribution in [1.82, 2.24) is 0 Å². The molecule has 72 valence electrons. The maximum atomic E-state index is 12.8. The SMILES string of the molecule is CC(C)C(=O)C(F)(F)CCCN. The first-order valence-corrected chi connectivity index (χ1v) is 4.04. The van der Waals surface area contributed by atoms with Crippen LogP contribution in [0.3, 0.4) is 0 Å². The molecule has 0 radical (unpaired) electrons. The number of carbonyl (C=O) groups is 1. The molecule has 0 aliphatic carbocycles. The molecule has 0 spiro atoms.